The van der Waals surface area contributed by atoms with Gasteiger partial charge in [0.25, 0.3) is 5.91 Å². The Morgan fingerprint density at radius 3 is 2.63 bits per heavy atom. The lowest BCUT2D eigenvalue weighted by Crippen LogP contribution is -2.36. The molecule has 1 saturated heterocycles. The molecule has 1 atom stereocenters. The highest BCUT2D eigenvalue weighted by atomic mass is 32.2. The Morgan fingerprint density at radius 1 is 1.42 bits per heavy atom. The topological polar surface area (TPSA) is 20.3 Å². The second-order valence-electron chi connectivity index (χ2n) is 4.36. The third kappa shape index (κ3) is 3.04. The molecule has 1 aromatic carbocycles. The molecule has 19 heavy (non-hydrogen) atoms. The third-order valence-corrected chi connectivity index (χ3v) is 4.35. The van der Waals surface area contributed by atoms with Crippen molar-refractivity contribution < 1.29 is 9.18 Å². The first-order valence-electron chi connectivity index (χ1n) is 6.05. The second-order valence-corrected chi connectivity index (χ2v) is 6.04. The van der Waals surface area contributed by atoms with Crippen LogP contribution in [0, 0.1) is 5.82 Å². The maximum Gasteiger partial charge on any atom is 0.266 e. The van der Waals surface area contributed by atoms with E-state index < -0.39 is 0 Å². The molecule has 0 saturated carbocycles. The lowest BCUT2D eigenvalue weighted by atomic mass is 10.2. The molecule has 0 spiro atoms. The van der Waals surface area contributed by atoms with Crippen molar-refractivity contribution in [1.82, 2.24) is 4.90 Å². The third-order valence-electron chi connectivity index (χ3n) is 3.02. The van der Waals surface area contributed by atoms with Crippen LogP contribution in [0.25, 0.3) is 6.08 Å². The number of halogens is 1. The lowest BCUT2D eigenvalue weighted by molar-refractivity contribution is -0.123. The number of nitrogens with zero attached hydrogens (tertiary/aromatic N) is 1. The highest BCUT2D eigenvalue weighted by Crippen LogP contribution is 2.34. The van der Waals surface area contributed by atoms with E-state index in [-0.39, 0.29) is 17.8 Å². The predicted molar refractivity (Wildman–Crippen MR) is 81.2 cm³/mol. The summed E-state index contributed by atoms with van der Waals surface area (Å²) >= 11 is 6.54. The van der Waals surface area contributed by atoms with Crippen LogP contribution in [0.2, 0.25) is 0 Å². The SMILES string of the molecule is CCC(C)N1C(=O)C(=Cc2ccc(F)cc2)SC1=S. The summed E-state index contributed by atoms with van der Waals surface area (Å²) < 4.78 is 13.4. The number of carbonyl (C=O) groups excluding carboxylic acids is 1. The summed E-state index contributed by atoms with van der Waals surface area (Å²) in [6, 6.07) is 6.14. The number of rotatable bonds is 3. The highest BCUT2D eigenvalue weighted by molar-refractivity contribution is 8.26. The van der Waals surface area contributed by atoms with Gasteiger partial charge in [0.2, 0.25) is 0 Å². The van der Waals surface area contributed by atoms with E-state index in [4.69, 9.17) is 12.2 Å². The number of hydrogen-bond donors (Lipinski definition) is 0. The van der Waals surface area contributed by atoms with Gasteiger partial charge in [-0.2, -0.15) is 0 Å². The van der Waals surface area contributed by atoms with Crippen LogP contribution in [0.3, 0.4) is 0 Å². The van der Waals surface area contributed by atoms with E-state index in [1.165, 1.54) is 23.9 Å². The molecule has 0 radical (unpaired) electrons. The average molecular weight is 295 g/mol. The van der Waals surface area contributed by atoms with Crippen LogP contribution >= 0.6 is 24.0 Å². The fraction of sp³-hybridized carbons (Fsp3) is 0.286. The van der Waals surface area contributed by atoms with Crippen LogP contribution in [0.4, 0.5) is 4.39 Å². The second kappa shape index (κ2) is 5.84. The minimum absolute atomic E-state index is 0.0614. The van der Waals surface area contributed by atoms with Gasteiger partial charge in [-0.05, 0) is 37.1 Å². The van der Waals surface area contributed by atoms with Crippen LogP contribution in [0.5, 0.6) is 0 Å². The minimum atomic E-state index is -0.288. The maximum absolute atomic E-state index is 12.8. The maximum atomic E-state index is 12.8. The molecule has 1 unspecified atom stereocenters. The fourth-order valence-electron chi connectivity index (χ4n) is 1.75. The zero-order valence-electron chi connectivity index (χ0n) is 10.7. The highest BCUT2D eigenvalue weighted by Gasteiger charge is 2.34. The number of hydrogen-bond acceptors (Lipinski definition) is 3. The molecule has 100 valence electrons. The quantitative estimate of drug-likeness (QED) is 0.624. The van der Waals surface area contributed by atoms with E-state index in [0.717, 1.165) is 12.0 Å². The van der Waals surface area contributed by atoms with E-state index >= 15 is 0 Å². The van der Waals surface area contributed by atoms with E-state index in [0.29, 0.717) is 9.23 Å². The minimum Gasteiger partial charge on any atom is -0.290 e. The molecule has 1 aliphatic heterocycles. The normalized spacial score (nSPS) is 19.3. The molecular formula is C14H14FNOS2. The molecule has 0 aliphatic carbocycles. The Kier molecular flexibility index (Phi) is 4.37. The van der Waals surface area contributed by atoms with Crippen molar-refractivity contribution in [3.8, 4) is 0 Å². The van der Waals surface area contributed by atoms with Gasteiger partial charge in [-0.25, -0.2) is 4.39 Å². The summed E-state index contributed by atoms with van der Waals surface area (Å²) in [5.74, 6) is -0.349. The van der Waals surface area contributed by atoms with Gasteiger partial charge >= 0.3 is 0 Å². The zero-order chi connectivity index (χ0) is 14.0. The molecule has 2 rings (SSSR count). The van der Waals surface area contributed by atoms with Crippen molar-refractivity contribution in [3.63, 3.8) is 0 Å². The smallest absolute Gasteiger partial charge is 0.266 e. The summed E-state index contributed by atoms with van der Waals surface area (Å²) in [4.78, 5) is 14.5. The van der Waals surface area contributed by atoms with Gasteiger partial charge < -0.3 is 0 Å². The van der Waals surface area contributed by atoms with Crippen LogP contribution in [0.15, 0.2) is 29.2 Å². The van der Waals surface area contributed by atoms with Gasteiger partial charge in [-0.1, -0.05) is 43.0 Å². The van der Waals surface area contributed by atoms with Gasteiger partial charge in [-0.15, -0.1) is 0 Å². The summed E-state index contributed by atoms with van der Waals surface area (Å²) in [5, 5.41) is 0. The molecule has 2 nitrogen and oxygen atoms in total. The fourth-order valence-corrected chi connectivity index (χ4v) is 3.21. The largest absolute Gasteiger partial charge is 0.290 e. The Labute approximate surface area is 121 Å². The van der Waals surface area contributed by atoms with Crippen LogP contribution < -0.4 is 0 Å². The van der Waals surface area contributed by atoms with Crippen molar-refractivity contribution in [2.45, 2.75) is 26.3 Å². The monoisotopic (exact) mass is 295 g/mol. The number of thiocarbonyl (C=S) groups is 1. The summed E-state index contributed by atoms with van der Waals surface area (Å²) in [6.45, 7) is 4.00. The Morgan fingerprint density at radius 2 is 2.05 bits per heavy atom. The van der Waals surface area contributed by atoms with Crippen molar-refractivity contribution >= 4 is 40.3 Å². The first-order valence-corrected chi connectivity index (χ1v) is 7.28. The molecule has 1 aliphatic rings. The average Bonchev–Trinajstić information content (AvgIpc) is 2.66. The first-order chi connectivity index (χ1) is 9.02. The zero-order valence-corrected chi connectivity index (χ0v) is 12.4. The van der Waals surface area contributed by atoms with Crippen molar-refractivity contribution in [3.05, 3.63) is 40.6 Å². The Balaban J connectivity index is 2.25. The molecule has 0 aromatic heterocycles. The molecule has 1 heterocycles. The van der Waals surface area contributed by atoms with E-state index in [1.807, 2.05) is 13.8 Å². The lowest BCUT2D eigenvalue weighted by Gasteiger charge is -2.21. The Bertz CT molecular complexity index is 539. The molecule has 0 N–H and O–H groups in total. The van der Waals surface area contributed by atoms with E-state index in [1.54, 1.807) is 23.1 Å². The number of carbonyl (C=O) groups is 1. The van der Waals surface area contributed by atoms with Gasteiger partial charge in [0.1, 0.15) is 10.1 Å². The molecule has 0 bridgehead atoms. The van der Waals surface area contributed by atoms with Gasteiger partial charge in [-0.3, -0.25) is 9.69 Å². The summed E-state index contributed by atoms with van der Waals surface area (Å²) in [7, 11) is 0. The van der Waals surface area contributed by atoms with Crippen molar-refractivity contribution in [1.29, 1.82) is 0 Å². The van der Waals surface area contributed by atoms with E-state index in [9.17, 15) is 9.18 Å². The van der Waals surface area contributed by atoms with Crippen LogP contribution in [-0.2, 0) is 4.79 Å². The number of benzene rings is 1. The number of thioether (sulfide) groups is 1. The molecule has 5 heteroatoms. The van der Waals surface area contributed by atoms with Gasteiger partial charge in [0.05, 0.1) is 4.91 Å². The van der Waals surface area contributed by atoms with Crippen molar-refractivity contribution in [2.75, 3.05) is 0 Å². The molecular weight excluding hydrogens is 281 g/mol. The molecule has 1 amide bonds. The predicted octanol–water partition coefficient (Wildman–Crippen LogP) is 3.83. The van der Waals surface area contributed by atoms with Gasteiger partial charge in [0, 0.05) is 6.04 Å². The summed E-state index contributed by atoms with van der Waals surface area (Å²) in [6.07, 6.45) is 2.61. The summed E-state index contributed by atoms with van der Waals surface area (Å²) in [5.41, 5.74) is 0.797. The van der Waals surface area contributed by atoms with Crippen LogP contribution in [-0.4, -0.2) is 21.2 Å². The Hall–Kier alpha value is -1.20. The first kappa shape index (κ1) is 14.2. The molecule has 1 aromatic rings. The number of amides is 1. The standard InChI is InChI=1S/C14H14FNOS2/c1-3-9(2)16-13(17)12(19-14(16)18)8-10-4-6-11(15)7-5-10/h4-9H,3H2,1-2H3. The van der Waals surface area contributed by atoms with Crippen LogP contribution in [0.1, 0.15) is 25.8 Å². The van der Waals surface area contributed by atoms with Crippen molar-refractivity contribution in [2.24, 2.45) is 0 Å². The molecule has 1 fully saturated rings. The van der Waals surface area contributed by atoms with E-state index in [2.05, 4.69) is 0 Å². The van der Waals surface area contributed by atoms with Gasteiger partial charge in [0.15, 0.2) is 0 Å².